The van der Waals surface area contributed by atoms with Gasteiger partial charge in [-0.15, -0.1) is 0 Å². The molecule has 0 bridgehead atoms. The number of aliphatic hydroxyl groups is 2. The summed E-state index contributed by atoms with van der Waals surface area (Å²) in [5, 5.41) is 18.5. The minimum absolute atomic E-state index is 0.123. The molecule has 0 radical (unpaired) electrons. The highest BCUT2D eigenvalue weighted by Crippen LogP contribution is 2.09. The topological polar surface area (TPSA) is 132 Å². The molecular weight excluding hydrogens is 190 g/mol. The maximum atomic E-state index is 11.1. The van der Waals surface area contributed by atoms with Crippen molar-refractivity contribution < 1.29 is 10.2 Å². The van der Waals surface area contributed by atoms with Gasteiger partial charge in [0.1, 0.15) is 6.10 Å². The predicted octanol–water partition coefficient (Wildman–Crippen LogP) is -2.58. The molecule has 1 rings (SSSR count). The predicted molar refractivity (Wildman–Crippen MR) is 47.7 cm³/mol. The van der Waals surface area contributed by atoms with Gasteiger partial charge in [-0.1, -0.05) is 0 Å². The van der Waals surface area contributed by atoms with E-state index in [-0.39, 0.29) is 12.1 Å². The van der Waals surface area contributed by atoms with Crippen LogP contribution in [0.2, 0.25) is 0 Å². The highest BCUT2D eigenvalue weighted by molar-refractivity contribution is 5.08. The van der Waals surface area contributed by atoms with Gasteiger partial charge in [0, 0.05) is 12.7 Å². The van der Waals surface area contributed by atoms with E-state index in [9.17, 15) is 14.7 Å². The summed E-state index contributed by atoms with van der Waals surface area (Å²) in [6.45, 7) is -0.181. The van der Waals surface area contributed by atoms with Gasteiger partial charge >= 0.3 is 5.69 Å². The fraction of sp³-hybridized carbons (Fsp3) is 0.429. The third-order valence-corrected chi connectivity index (χ3v) is 1.77. The Morgan fingerprint density at radius 1 is 1.43 bits per heavy atom. The van der Waals surface area contributed by atoms with Crippen molar-refractivity contribution in [3.8, 4) is 0 Å². The molecule has 7 nitrogen and oxygen atoms in total. The first kappa shape index (κ1) is 10.6. The Hall–Kier alpha value is -1.44. The molecule has 0 amide bonds. The van der Waals surface area contributed by atoms with Crippen LogP contribution in [0.4, 0.5) is 0 Å². The molecule has 14 heavy (non-hydrogen) atoms. The average molecular weight is 201 g/mol. The monoisotopic (exact) mass is 201 g/mol. The lowest BCUT2D eigenvalue weighted by atomic mass is 10.1. The molecule has 0 aliphatic heterocycles. The molecule has 1 aromatic rings. The number of nitrogens with one attached hydrogen (secondary N) is 2. The molecule has 0 aliphatic rings. The van der Waals surface area contributed by atoms with Crippen LogP contribution in [0.5, 0.6) is 0 Å². The van der Waals surface area contributed by atoms with Crippen molar-refractivity contribution in [2.75, 3.05) is 6.54 Å². The largest absolute Gasteiger partial charge is 0.389 e. The molecule has 1 aromatic heterocycles. The van der Waals surface area contributed by atoms with Crippen LogP contribution in [-0.2, 0) is 0 Å². The third-order valence-electron chi connectivity index (χ3n) is 1.77. The molecule has 0 fully saturated rings. The van der Waals surface area contributed by atoms with Crippen molar-refractivity contribution in [1.29, 1.82) is 0 Å². The molecule has 2 unspecified atom stereocenters. The fourth-order valence-corrected chi connectivity index (χ4v) is 0.976. The van der Waals surface area contributed by atoms with Gasteiger partial charge in [0.2, 0.25) is 0 Å². The zero-order chi connectivity index (χ0) is 10.7. The zero-order valence-electron chi connectivity index (χ0n) is 7.23. The lowest BCUT2D eigenvalue weighted by molar-refractivity contribution is 0.0232. The van der Waals surface area contributed by atoms with Crippen molar-refractivity contribution in [3.05, 3.63) is 32.6 Å². The Morgan fingerprint density at radius 3 is 2.57 bits per heavy atom. The summed E-state index contributed by atoms with van der Waals surface area (Å²) >= 11 is 0. The van der Waals surface area contributed by atoms with Gasteiger partial charge in [-0.05, 0) is 0 Å². The Morgan fingerprint density at radius 2 is 2.07 bits per heavy atom. The first-order valence-electron chi connectivity index (χ1n) is 3.94. The van der Waals surface area contributed by atoms with Gasteiger partial charge in [0.15, 0.2) is 0 Å². The van der Waals surface area contributed by atoms with Gasteiger partial charge in [0.05, 0.1) is 11.7 Å². The number of hydrogen-bond acceptors (Lipinski definition) is 5. The molecule has 0 aromatic carbocycles. The quantitative estimate of drug-likeness (QED) is 0.366. The molecule has 7 heteroatoms. The molecule has 78 valence electrons. The van der Waals surface area contributed by atoms with Crippen LogP contribution in [0.25, 0.3) is 0 Å². The molecule has 0 aliphatic carbocycles. The second kappa shape index (κ2) is 4.18. The van der Waals surface area contributed by atoms with E-state index in [4.69, 9.17) is 10.8 Å². The van der Waals surface area contributed by atoms with E-state index in [0.717, 1.165) is 6.20 Å². The van der Waals surface area contributed by atoms with Crippen LogP contribution < -0.4 is 17.0 Å². The van der Waals surface area contributed by atoms with E-state index in [1.165, 1.54) is 0 Å². The summed E-state index contributed by atoms with van der Waals surface area (Å²) < 4.78 is 0. The number of aromatic nitrogens is 2. The second-order valence-electron chi connectivity index (χ2n) is 2.78. The van der Waals surface area contributed by atoms with Crippen LogP contribution in [0.15, 0.2) is 15.8 Å². The standard InChI is InChI=1S/C7H11N3O4/c8-1-4(11)5(12)3-2-9-7(14)10-6(3)13/h2,4-5,11-12H,1,8H2,(H2,9,10,13,14). The number of rotatable bonds is 3. The average Bonchev–Trinajstić information content (AvgIpc) is 2.15. The molecular formula is C7H11N3O4. The highest BCUT2D eigenvalue weighted by atomic mass is 16.3. The molecule has 0 saturated carbocycles. The van der Waals surface area contributed by atoms with E-state index in [2.05, 4.69) is 4.98 Å². The summed E-state index contributed by atoms with van der Waals surface area (Å²) in [6, 6.07) is 0. The molecule has 2 atom stereocenters. The number of aliphatic hydroxyl groups excluding tert-OH is 2. The minimum Gasteiger partial charge on any atom is -0.389 e. The van der Waals surface area contributed by atoms with Crippen molar-refractivity contribution in [3.63, 3.8) is 0 Å². The fourth-order valence-electron chi connectivity index (χ4n) is 0.976. The Kier molecular flexibility index (Phi) is 3.18. The molecule has 0 saturated heterocycles. The SMILES string of the molecule is NCC(O)C(O)c1c[nH]c(=O)[nH]c1=O. The van der Waals surface area contributed by atoms with E-state index in [0.29, 0.717) is 0 Å². The summed E-state index contributed by atoms with van der Waals surface area (Å²) in [4.78, 5) is 25.8. The van der Waals surface area contributed by atoms with Gasteiger partial charge < -0.3 is 20.9 Å². The summed E-state index contributed by atoms with van der Waals surface area (Å²) in [5.41, 5.74) is 3.56. The highest BCUT2D eigenvalue weighted by Gasteiger charge is 2.19. The van der Waals surface area contributed by atoms with Crippen molar-refractivity contribution in [2.24, 2.45) is 5.73 Å². The van der Waals surface area contributed by atoms with Crippen molar-refractivity contribution in [1.82, 2.24) is 9.97 Å². The normalized spacial score (nSPS) is 15.1. The van der Waals surface area contributed by atoms with Crippen LogP contribution in [-0.4, -0.2) is 32.8 Å². The smallest absolute Gasteiger partial charge is 0.325 e. The van der Waals surface area contributed by atoms with Crippen LogP contribution in [0, 0.1) is 0 Å². The second-order valence-corrected chi connectivity index (χ2v) is 2.78. The number of nitrogens with two attached hydrogens (primary N) is 1. The Labute approximate surface area is 78.2 Å². The van der Waals surface area contributed by atoms with E-state index >= 15 is 0 Å². The maximum Gasteiger partial charge on any atom is 0.325 e. The van der Waals surface area contributed by atoms with Crippen molar-refractivity contribution in [2.45, 2.75) is 12.2 Å². The van der Waals surface area contributed by atoms with E-state index < -0.39 is 23.5 Å². The minimum atomic E-state index is -1.40. The van der Waals surface area contributed by atoms with Gasteiger partial charge in [-0.25, -0.2) is 4.79 Å². The third kappa shape index (κ3) is 2.08. The van der Waals surface area contributed by atoms with Gasteiger partial charge in [-0.2, -0.15) is 0 Å². The summed E-state index contributed by atoms with van der Waals surface area (Å²) in [6.07, 6.45) is -1.59. The maximum absolute atomic E-state index is 11.1. The Bertz CT molecular complexity index is 410. The number of H-pyrrole nitrogens is 2. The van der Waals surface area contributed by atoms with E-state index in [1.807, 2.05) is 4.98 Å². The molecule has 1 heterocycles. The van der Waals surface area contributed by atoms with Crippen LogP contribution in [0.3, 0.4) is 0 Å². The lowest BCUT2D eigenvalue weighted by Crippen LogP contribution is -2.33. The van der Waals surface area contributed by atoms with Crippen LogP contribution in [0.1, 0.15) is 11.7 Å². The van der Waals surface area contributed by atoms with Gasteiger partial charge in [0.25, 0.3) is 5.56 Å². The number of hydrogen-bond donors (Lipinski definition) is 5. The first-order chi connectivity index (χ1) is 6.56. The molecule has 0 spiro atoms. The van der Waals surface area contributed by atoms with Crippen LogP contribution >= 0.6 is 0 Å². The van der Waals surface area contributed by atoms with Gasteiger partial charge in [-0.3, -0.25) is 9.78 Å². The van der Waals surface area contributed by atoms with E-state index in [1.54, 1.807) is 0 Å². The number of aromatic amines is 2. The van der Waals surface area contributed by atoms with Crippen molar-refractivity contribution >= 4 is 0 Å². The summed E-state index contributed by atoms with van der Waals surface area (Å²) in [7, 11) is 0. The lowest BCUT2D eigenvalue weighted by Gasteiger charge is -2.14. The molecule has 6 N–H and O–H groups in total. The summed E-state index contributed by atoms with van der Waals surface area (Å²) in [5.74, 6) is 0. The zero-order valence-corrected chi connectivity index (χ0v) is 7.23. The Balaban J connectivity index is 3.08. The first-order valence-corrected chi connectivity index (χ1v) is 3.94.